The van der Waals surface area contributed by atoms with Gasteiger partial charge in [-0.1, -0.05) is 134 Å². The Morgan fingerprint density at radius 1 is 0.796 bits per heavy atom. The van der Waals surface area contributed by atoms with Crippen LogP contribution in [0.1, 0.15) is 176 Å². The molecule has 0 N–H and O–H groups in total. The fourth-order valence-corrected chi connectivity index (χ4v) is 10.9. The molecule has 0 aromatic heterocycles. The van der Waals surface area contributed by atoms with Gasteiger partial charge in [-0.3, -0.25) is 4.79 Å². The van der Waals surface area contributed by atoms with Crippen molar-refractivity contribution in [2.45, 2.75) is 182 Å². The predicted octanol–water partition coefficient (Wildman–Crippen LogP) is 14.1. The quantitative estimate of drug-likeness (QED) is 0.0731. The second-order valence-corrected chi connectivity index (χ2v) is 17.6. The minimum atomic E-state index is 0.00622. The molecule has 0 aromatic rings. The summed E-state index contributed by atoms with van der Waals surface area (Å²) in [6.07, 6.45) is 45.7. The van der Waals surface area contributed by atoms with E-state index >= 15 is 0 Å². The monoisotopic (exact) mass is 673 g/mol. The molecule has 276 valence electrons. The SMILES string of the molecule is CCCCCC=CCC=CCC=CCC=CCCCC(=O)OC1CC[C@@]2(C)C(=CC[C@H]3[C@@H]4CC[C@H]([C@H](C)CCCC(C)C)[C@]4(C)CC[C@@H]32)C1. The number of carbonyl (C=O) groups is 1. The molecule has 0 aromatic carbocycles. The average molecular weight is 673 g/mol. The van der Waals surface area contributed by atoms with Crippen LogP contribution in [0.3, 0.4) is 0 Å². The molecule has 3 saturated carbocycles. The highest BCUT2D eigenvalue weighted by molar-refractivity contribution is 5.69. The average Bonchev–Trinajstić information content (AvgIpc) is 3.43. The number of allylic oxidation sites excluding steroid dienone is 9. The predicted molar refractivity (Wildman–Crippen MR) is 211 cm³/mol. The maximum Gasteiger partial charge on any atom is 0.306 e. The van der Waals surface area contributed by atoms with E-state index in [1.165, 1.54) is 83.5 Å². The molecule has 2 nitrogen and oxygen atoms in total. The van der Waals surface area contributed by atoms with E-state index in [0.717, 1.165) is 80.5 Å². The molecule has 0 amide bonds. The van der Waals surface area contributed by atoms with Crippen molar-refractivity contribution in [2.24, 2.45) is 46.3 Å². The number of esters is 1. The van der Waals surface area contributed by atoms with Crippen LogP contribution in [-0.2, 0) is 9.53 Å². The number of hydrogen-bond acceptors (Lipinski definition) is 2. The minimum Gasteiger partial charge on any atom is -0.462 e. The number of carbonyl (C=O) groups excluding carboxylic acids is 1. The van der Waals surface area contributed by atoms with Crippen molar-refractivity contribution < 1.29 is 9.53 Å². The lowest BCUT2D eigenvalue weighted by Gasteiger charge is -2.58. The summed E-state index contributed by atoms with van der Waals surface area (Å²) in [6.45, 7) is 14.9. The molecule has 0 radical (unpaired) electrons. The van der Waals surface area contributed by atoms with Crippen molar-refractivity contribution >= 4 is 5.97 Å². The summed E-state index contributed by atoms with van der Waals surface area (Å²) in [7, 11) is 0. The highest BCUT2D eigenvalue weighted by atomic mass is 16.5. The molecule has 4 aliphatic rings. The second kappa shape index (κ2) is 20.3. The summed E-state index contributed by atoms with van der Waals surface area (Å²) < 4.78 is 6.10. The third-order valence-electron chi connectivity index (χ3n) is 13.8. The summed E-state index contributed by atoms with van der Waals surface area (Å²) in [6, 6.07) is 0. The van der Waals surface area contributed by atoms with Gasteiger partial charge >= 0.3 is 5.97 Å². The van der Waals surface area contributed by atoms with Crippen LogP contribution in [-0.4, -0.2) is 12.1 Å². The first-order valence-corrected chi connectivity index (χ1v) is 21.2. The van der Waals surface area contributed by atoms with Gasteiger partial charge in [-0.25, -0.2) is 0 Å². The number of hydrogen-bond donors (Lipinski definition) is 0. The van der Waals surface area contributed by atoms with E-state index < -0.39 is 0 Å². The first-order chi connectivity index (χ1) is 23.7. The van der Waals surface area contributed by atoms with Gasteiger partial charge in [-0.15, -0.1) is 0 Å². The van der Waals surface area contributed by atoms with Gasteiger partial charge in [0.2, 0.25) is 0 Å². The van der Waals surface area contributed by atoms with Gasteiger partial charge in [-0.2, -0.15) is 0 Å². The Hall–Kier alpha value is -1.83. The van der Waals surface area contributed by atoms with Crippen molar-refractivity contribution in [3.8, 4) is 0 Å². The highest BCUT2D eigenvalue weighted by Crippen LogP contribution is 2.67. The number of unbranched alkanes of at least 4 members (excludes halogenated alkanes) is 4. The van der Waals surface area contributed by atoms with Gasteiger partial charge in [0.15, 0.2) is 0 Å². The van der Waals surface area contributed by atoms with E-state index in [9.17, 15) is 4.79 Å². The van der Waals surface area contributed by atoms with Crippen LogP contribution in [0.15, 0.2) is 60.3 Å². The third-order valence-corrected chi connectivity index (χ3v) is 13.8. The minimum absolute atomic E-state index is 0.00622. The molecule has 0 aliphatic heterocycles. The Balaban J connectivity index is 1.13. The Morgan fingerprint density at radius 3 is 2.14 bits per heavy atom. The first kappa shape index (κ1) is 39.9. The zero-order valence-electron chi connectivity index (χ0n) is 32.9. The molecule has 3 fully saturated rings. The van der Waals surface area contributed by atoms with Crippen LogP contribution in [0, 0.1) is 46.3 Å². The van der Waals surface area contributed by atoms with E-state index in [1.807, 2.05) is 0 Å². The van der Waals surface area contributed by atoms with Crippen molar-refractivity contribution in [1.82, 2.24) is 0 Å². The summed E-state index contributed by atoms with van der Waals surface area (Å²) >= 11 is 0. The van der Waals surface area contributed by atoms with E-state index in [1.54, 1.807) is 5.57 Å². The molecular formula is C47H76O2. The summed E-state index contributed by atoms with van der Waals surface area (Å²) in [5, 5.41) is 0. The second-order valence-electron chi connectivity index (χ2n) is 17.6. The van der Waals surface area contributed by atoms with Gasteiger partial charge in [-0.05, 0) is 136 Å². The third kappa shape index (κ3) is 11.3. The molecule has 1 unspecified atom stereocenters. The standard InChI is InChI=1S/C47H76O2/c1-7-8-9-10-11-12-13-14-15-16-17-18-19-20-21-22-23-27-45(48)49-40-32-34-46(5)39(36-40)28-29-41-43-31-30-42(38(4)26-24-25-37(2)3)47(43,6)35-33-44(41)46/h11-12,14-15,17-18,20-21,28,37-38,40-44H,7-10,13,16,19,22-27,29-36H2,1-6H3/t38-,40?,41+,42-,43+,44+,46+,47+/m1/s1. The first-order valence-electron chi connectivity index (χ1n) is 21.2. The van der Waals surface area contributed by atoms with Gasteiger partial charge in [0.25, 0.3) is 0 Å². The fraction of sp³-hybridized carbons (Fsp3) is 0.766. The topological polar surface area (TPSA) is 26.3 Å². The normalized spacial score (nSPS) is 32.2. The van der Waals surface area contributed by atoms with Gasteiger partial charge in [0.1, 0.15) is 6.10 Å². The smallest absolute Gasteiger partial charge is 0.306 e. The van der Waals surface area contributed by atoms with Crippen molar-refractivity contribution in [3.63, 3.8) is 0 Å². The van der Waals surface area contributed by atoms with Crippen LogP contribution in [0.4, 0.5) is 0 Å². The molecule has 0 saturated heterocycles. The van der Waals surface area contributed by atoms with E-state index in [0.29, 0.717) is 17.3 Å². The van der Waals surface area contributed by atoms with Gasteiger partial charge in [0.05, 0.1) is 0 Å². The molecule has 0 bridgehead atoms. The maximum atomic E-state index is 12.8. The van der Waals surface area contributed by atoms with E-state index in [2.05, 4.69) is 96.2 Å². The van der Waals surface area contributed by atoms with Crippen LogP contribution in [0.2, 0.25) is 0 Å². The molecule has 8 atom stereocenters. The molecule has 4 aliphatic carbocycles. The van der Waals surface area contributed by atoms with Crippen LogP contribution in [0.25, 0.3) is 0 Å². The Morgan fingerprint density at radius 2 is 1.47 bits per heavy atom. The highest BCUT2D eigenvalue weighted by Gasteiger charge is 2.59. The fourth-order valence-electron chi connectivity index (χ4n) is 10.9. The van der Waals surface area contributed by atoms with Gasteiger partial charge in [0, 0.05) is 12.8 Å². The maximum absolute atomic E-state index is 12.8. The zero-order valence-corrected chi connectivity index (χ0v) is 32.9. The molecular weight excluding hydrogens is 597 g/mol. The largest absolute Gasteiger partial charge is 0.462 e. The zero-order chi connectivity index (χ0) is 35.1. The lowest BCUT2D eigenvalue weighted by molar-refractivity contribution is -0.151. The molecule has 0 heterocycles. The van der Waals surface area contributed by atoms with Crippen molar-refractivity contribution in [3.05, 3.63) is 60.3 Å². The van der Waals surface area contributed by atoms with Crippen LogP contribution >= 0.6 is 0 Å². The lowest BCUT2D eigenvalue weighted by atomic mass is 9.47. The Bertz CT molecular complexity index is 1140. The summed E-state index contributed by atoms with van der Waals surface area (Å²) in [4.78, 5) is 12.8. The number of rotatable bonds is 20. The summed E-state index contributed by atoms with van der Waals surface area (Å²) in [5.41, 5.74) is 2.48. The van der Waals surface area contributed by atoms with Crippen LogP contribution < -0.4 is 0 Å². The Kier molecular flexibility index (Phi) is 16.5. The van der Waals surface area contributed by atoms with E-state index in [4.69, 9.17) is 4.74 Å². The Labute approximate surface area is 303 Å². The molecule has 49 heavy (non-hydrogen) atoms. The molecule has 0 spiro atoms. The van der Waals surface area contributed by atoms with Gasteiger partial charge < -0.3 is 4.74 Å². The van der Waals surface area contributed by atoms with E-state index in [-0.39, 0.29) is 12.1 Å². The van der Waals surface area contributed by atoms with Crippen molar-refractivity contribution in [1.29, 1.82) is 0 Å². The molecule has 4 rings (SSSR count). The summed E-state index contributed by atoms with van der Waals surface area (Å²) in [5.74, 6) is 5.21. The van der Waals surface area contributed by atoms with Crippen LogP contribution in [0.5, 0.6) is 0 Å². The lowest BCUT2D eigenvalue weighted by Crippen LogP contribution is -2.51. The van der Waals surface area contributed by atoms with Crippen molar-refractivity contribution in [2.75, 3.05) is 0 Å². The number of ether oxygens (including phenoxy) is 1. The molecule has 2 heteroatoms. The number of fused-ring (bicyclic) bond motifs is 5.